The number of hydrogen-bond acceptors (Lipinski definition) is 3. The van der Waals surface area contributed by atoms with Crippen molar-refractivity contribution < 1.29 is 9.53 Å². The zero-order valence-corrected chi connectivity index (χ0v) is 10.0. The molecule has 3 unspecified atom stereocenters. The largest absolute Gasteiger partial charge is 0.381 e. The fourth-order valence-electron chi connectivity index (χ4n) is 2.05. The van der Waals surface area contributed by atoms with Crippen LogP contribution in [0.1, 0.15) is 27.2 Å². The molecule has 0 aromatic heterocycles. The van der Waals surface area contributed by atoms with Gasteiger partial charge in [0.05, 0.1) is 6.10 Å². The summed E-state index contributed by atoms with van der Waals surface area (Å²) in [5.41, 5.74) is 5.34. The Morgan fingerprint density at radius 2 is 2.27 bits per heavy atom. The molecule has 15 heavy (non-hydrogen) atoms. The van der Waals surface area contributed by atoms with E-state index in [0.717, 1.165) is 6.42 Å². The Kier molecular flexibility index (Phi) is 3.73. The summed E-state index contributed by atoms with van der Waals surface area (Å²) >= 11 is 0. The zero-order chi connectivity index (χ0) is 11.6. The van der Waals surface area contributed by atoms with Gasteiger partial charge >= 0.3 is 0 Å². The van der Waals surface area contributed by atoms with Gasteiger partial charge < -0.3 is 15.8 Å². The van der Waals surface area contributed by atoms with Crippen molar-refractivity contribution in [2.24, 2.45) is 17.1 Å². The predicted molar refractivity (Wildman–Crippen MR) is 59.3 cm³/mol. The van der Waals surface area contributed by atoms with E-state index >= 15 is 0 Å². The van der Waals surface area contributed by atoms with Gasteiger partial charge in [-0.3, -0.25) is 4.79 Å². The zero-order valence-electron chi connectivity index (χ0n) is 10.0. The summed E-state index contributed by atoms with van der Waals surface area (Å²) in [6.07, 6.45) is 1.33. The van der Waals surface area contributed by atoms with E-state index in [1.54, 1.807) is 7.11 Å². The highest BCUT2D eigenvalue weighted by Gasteiger charge is 2.48. The van der Waals surface area contributed by atoms with E-state index in [1.807, 2.05) is 6.92 Å². The van der Waals surface area contributed by atoms with Crippen molar-refractivity contribution in [1.82, 2.24) is 5.32 Å². The predicted octanol–water partition coefficient (Wildman–Crippen LogP) is 0.511. The number of amides is 1. The summed E-state index contributed by atoms with van der Waals surface area (Å²) in [7, 11) is 1.74. The molecule has 0 radical (unpaired) electrons. The number of primary amides is 1. The van der Waals surface area contributed by atoms with Crippen LogP contribution in [0.25, 0.3) is 0 Å². The summed E-state index contributed by atoms with van der Waals surface area (Å²) in [5.74, 6) is -0.356. The quantitative estimate of drug-likeness (QED) is 0.701. The minimum atomic E-state index is -0.247. The van der Waals surface area contributed by atoms with Gasteiger partial charge in [-0.05, 0) is 6.42 Å². The Morgan fingerprint density at radius 1 is 1.67 bits per heavy atom. The molecule has 0 bridgehead atoms. The van der Waals surface area contributed by atoms with Crippen LogP contribution in [-0.2, 0) is 9.53 Å². The van der Waals surface area contributed by atoms with Gasteiger partial charge in [0.15, 0.2) is 0 Å². The fraction of sp³-hybridized carbons (Fsp3) is 0.909. The maximum Gasteiger partial charge on any atom is 0.221 e. The van der Waals surface area contributed by atoms with E-state index in [4.69, 9.17) is 10.5 Å². The first-order valence-corrected chi connectivity index (χ1v) is 5.45. The number of carbonyl (C=O) groups excluding carboxylic acids is 1. The van der Waals surface area contributed by atoms with Crippen LogP contribution in [-0.4, -0.2) is 31.7 Å². The Bertz CT molecular complexity index is 241. The summed E-state index contributed by atoms with van der Waals surface area (Å²) < 4.78 is 5.35. The Balaban J connectivity index is 2.34. The van der Waals surface area contributed by atoms with Crippen molar-refractivity contribution in [2.75, 3.05) is 13.7 Å². The maximum absolute atomic E-state index is 10.9. The monoisotopic (exact) mass is 214 g/mol. The summed E-state index contributed by atoms with van der Waals surface area (Å²) in [5, 5.41) is 3.37. The second-order valence-corrected chi connectivity index (χ2v) is 5.05. The number of rotatable bonds is 5. The van der Waals surface area contributed by atoms with Crippen LogP contribution in [0.2, 0.25) is 0 Å². The Labute approximate surface area is 91.5 Å². The maximum atomic E-state index is 10.9. The normalized spacial score (nSPS) is 30.7. The Morgan fingerprint density at radius 3 is 2.67 bits per heavy atom. The Hall–Kier alpha value is -0.610. The van der Waals surface area contributed by atoms with Crippen molar-refractivity contribution in [2.45, 2.75) is 39.3 Å². The van der Waals surface area contributed by atoms with E-state index < -0.39 is 0 Å². The highest BCUT2D eigenvalue weighted by molar-refractivity contribution is 5.76. The van der Waals surface area contributed by atoms with Crippen molar-refractivity contribution in [3.05, 3.63) is 0 Å². The fourth-order valence-corrected chi connectivity index (χ4v) is 2.05. The van der Waals surface area contributed by atoms with Crippen molar-refractivity contribution in [3.63, 3.8) is 0 Å². The molecule has 0 heterocycles. The van der Waals surface area contributed by atoms with Crippen LogP contribution in [0.4, 0.5) is 0 Å². The number of nitrogens with one attached hydrogen (secondary N) is 1. The number of carbonyl (C=O) groups is 1. The molecule has 1 fully saturated rings. The van der Waals surface area contributed by atoms with Crippen LogP contribution in [0.5, 0.6) is 0 Å². The molecule has 1 aliphatic carbocycles. The summed E-state index contributed by atoms with van der Waals surface area (Å²) in [4.78, 5) is 10.9. The number of ether oxygens (including phenoxy) is 1. The first-order valence-electron chi connectivity index (χ1n) is 5.45. The molecule has 1 saturated carbocycles. The molecule has 0 aromatic rings. The SMILES string of the molecule is COC1CC(NCC(C)C(N)=O)C1(C)C. The molecule has 88 valence electrons. The van der Waals surface area contributed by atoms with E-state index in [1.165, 1.54) is 0 Å². The van der Waals surface area contributed by atoms with Gasteiger partial charge in [0.2, 0.25) is 5.91 Å². The van der Waals surface area contributed by atoms with Crippen molar-refractivity contribution in [1.29, 1.82) is 0 Å². The van der Waals surface area contributed by atoms with E-state index in [9.17, 15) is 4.79 Å². The third-order valence-electron chi connectivity index (χ3n) is 3.62. The summed E-state index contributed by atoms with van der Waals surface area (Å²) in [6, 6.07) is 0.421. The lowest BCUT2D eigenvalue weighted by Gasteiger charge is -2.51. The van der Waals surface area contributed by atoms with Gasteiger partial charge in [0.1, 0.15) is 0 Å². The van der Waals surface area contributed by atoms with Crippen LogP contribution in [0, 0.1) is 11.3 Å². The van der Waals surface area contributed by atoms with Crippen molar-refractivity contribution >= 4 is 5.91 Å². The molecule has 4 nitrogen and oxygen atoms in total. The first kappa shape index (κ1) is 12.5. The van der Waals surface area contributed by atoms with E-state index in [2.05, 4.69) is 19.2 Å². The van der Waals surface area contributed by atoms with E-state index in [-0.39, 0.29) is 17.2 Å². The van der Waals surface area contributed by atoms with Gasteiger partial charge in [-0.1, -0.05) is 20.8 Å². The van der Waals surface area contributed by atoms with Crippen LogP contribution >= 0.6 is 0 Å². The lowest BCUT2D eigenvalue weighted by Crippen LogP contribution is -2.61. The van der Waals surface area contributed by atoms with Gasteiger partial charge in [0.25, 0.3) is 0 Å². The molecule has 0 aromatic carbocycles. The lowest BCUT2D eigenvalue weighted by molar-refractivity contribution is -0.122. The van der Waals surface area contributed by atoms with E-state index in [0.29, 0.717) is 18.7 Å². The average molecular weight is 214 g/mol. The molecular formula is C11H22N2O2. The van der Waals surface area contributed by atoms with Gasteiger partial charge in [-0.2, -0.15) is 0 Å². The number of methoxy groups -OCH3 is 1. The van der Waals surface area contributed by atoms with Crippen LogP contribution < -0.4 is 11.1 Å². The topological polar surface area (TPSA) is 64.3 Å². The molecule has 0 saturated heterocycles. The third-order valence-corrected chi connectivity index (χ3v) is 3.62. The molecule has 0 spiro atoms. The molecule has 3 N–H and O–H groups in total. The molecule has 3 atom stereocenters. The van der Waals surface area contributed by atoms with Crippen molar-refractivity contribution in [3.8, 4) is 0 Å². The molecule has 4 heteroatoms. The molecule has 1 aliphatic rings. The van der Waals surface area contributed by atoms with Crippen LogP contribution in [0.15, 0.2) is 0 Å². The highest BCUT2D eigenvalue weighted by Crippen LogP contribution is 2.42. The number of hydrogen-bond donors (Lipinski definition) is 2. The standard InChI is InChI=1S/C11H22N2O2/c1-7(10(12)14)6-13-8-5-9(15-4)11(8,2)3/h7-9,13H,5-6H2,1-4H3,(H2,12,14). The second kappa shape index (κ2) is 4.49. The minimum Gasteiger partial charge on any atom is -0.381 e. The molecular weight excluding hydrogens is 192 g/mol. The molecule has 1 amide bonds. The first-order chi connectivity index (χ1) is 6.89. The smallest absolute Gasteiger partial charge is 0.221 e. The van der Waals surface area contributed by atoms with Gasteiger partial charge in [-0.15, -0.1) is 0 Å². The lowest BCUT2D eigenvalue weighted by atomic mass is 9.64. The molecule has 1 rings (SSSR count). The van der Waals surface area contributed by atoms with Gasteiger partial charge in [-0.25, -0.2) is 0 Å². The number of nitrogens with two attached hydrogens (primary N) is 1. The second-order valence-electron chi connectivity index (χ2n) is 5.05. The third kappa shape index (κ3) is 2.49. The minimum absolute atomic E-state index is 0.109. The summed E-state index contributed by atoms with van der Waals surface area (Å²) in [6.45, 7) is 6.85. The molecule has 0 aliphatic heterocycles. The van der Waals surface area contributed by atoms with Gasteiger partial charge in [0, 0.05) is 31.0 Å². The highest BCUT2D eigenvalue weighted by atomic mass is 16.5. The van der Waals surface area contributed by atoms with Crippen LogP contribution in [0.3, 0.4) is 0 Å². The average Bonchev–Trinajstić information content (AvgIpc) is 2.15.